The second kappa shape index (κ2) is 7.06. The maximum absolute atomic E-state index is 11.9. The quantitative estimate of drug-likeness (QED) is 0.915. The summed E-state index contributed by atoms with van der Waals surface area (Å²) in [6.07, 6.45) is 3.05. The minimum absolute atomic E-state index is 0.0351. The molecule has 1 unspecified atom stereocenters. The molecule has 1 aromatic rings. The second-order valence-corrected chi connectivity index (χ2v) is 5.54. The van der Waals surface area contributed by atoms with E-state index in [4.69, 9.17) is 5.26 Å². The van der Waals surface area contributed by atoms with E-state index in [1.807, 2.05) is 0 Å². The van der Waals surface area contributed by atoms with Gasteiger partial charge in [-0.1, -0.05) is 6.92 Å². The molecule has 20 heavy (non-hydrogen) atoms. The molecule has 1 amide bonds. The van der Waals surface area contributed by atoms with Gasteiger partial charge in [0.15, 0.2) is 0 Å². The van der Waals surface area contributed by atoms with Crippen LogP contribution in [0, 0.1) is 17.2 Å². The van der Waals surface area contributed by atoms with Gasteiger partial charge in [-0.05, 0) is 49.6 Å². The summed E-state index contributed by atoms with van der Waals surface area (Å²) >= 11 is 0. The summed E-state index contributed by atoms with van der Waals surface area (Å²) < 4.78 is 0. The molecule has 0 aromatic heterocycles. The van der Waals surface area contributed by atoms with Gasteiger partial charge in [0, 0.05) is 25.2 Å². The molecule has 1 aliphatic rings. The average Bonchev–Trinajstić information content (AvgIpc) is 2.46. The lowest BCUT2D eigenvalue weighted by Gasteiger charge is -2.30. The Labute approximate surface area is 120 Å². The SMILES string of the molecule is CC1CCCN(CCC(=O)Nc2ccc(C#N)cc2)C1. The van der Waals surface area contributed by atoms with Crippen LogP contribution in [0.25, 0.3) is 0 Å². The summed E-state index contributed by atoms with van der Waals surface area (Å²) in [6, 6.07) is 9.01. The Morgan fingerprint density at radius 3 is 2.85 bits per heavy atom. The van der Waals surface area contributed by atoms with Gasteiger partial charge in [0.2, 0.25) is 5.91 Å². The molecule has 1 atom stereocenters. The Bertz CT molecular complexity index is 489. The van der Waals surface area contributed by atoms with Gasteiger partial charge in [-0.25, -0.2) is 0 Å². The fourth-order valence-electron chi connectivity index (χ4n) is 2.60. The minimum Gasteiger partial charge on any atom is -0.326 e. The number of hydrogen-bond donors (Lipinski definition) is 1. The molecular weight excluding hydrogens is 250 g/mol. The number of carbonyl (C=O) groups is 1. The summed E-state index contributed by atoms with van der Waals surface area (Å²) in [6.45, 7) is 5.30. The highest BCUT2D eigenvalue weighted by atomic mass is 16.1. The summed E-state index contributed by atoms with van der Waals surface area (Å²) in [7, 11) is 0. The smallest absolute Gasteiger partial charge is 0.225 e. The number of nitriles is 1. The number of amides is 1. The zero-order valence-corrected chi connectivity index (χ0v) is 11.9. The van der Waals surface area contributed by atoms with Gasteiger partial charge in [0.05, 0.1) is 11.6 Å². The van der Waals surface area contributed by atoms with Crippen LogP contribution in [-0.4, -0.2) is 30.4 Å². The zero-order chi connectivity index (χ0) is 14.4. The predicted molar refractivity (Wildman–Crippen MR) is 79.2 cm³/mol. The normalized spacial score (nSPS) is 19.3. The summed E-state index contributed by atoms with van der Waals surface area (Å²) in [4.78, 5) is 14.3. The lowest BCUT2D eigenvalue weighted by atomic mass is 10.0. The number of nitrogens with one attached hydrogen (secondary N) is 1. The van der Waals surface area contributed by atoms with E-state index in [9.17, 15) is 4.79 Å². The summed E-state index contributed by atoms with van der Waals surface area (Å²) in [5.74, 6) is 0.776. The van der Waals surface area contributed by atoms with E-state index in [1.54, 1.807) is 24.3 Å². The van der Waals surface area contributed by atoms with Crippen molar-refractivity contribution in [3.63, 3.8) is 0 Å². The Hall–Kier alpha value is -1.86. The lowest BCUT2D eigenvalue weighted by Crippen LogP contribution is -2.36. The van der Waals surface area contributed by atoms with E-state index in [-0.39, 0.29) is 5.91 Å². The molecule has 1 aromatic carbocycles. The van der Waals surface area contributed by atoms with Crippen molar-refractivity contribution in [2.45, 2.75) is 26.2 Å². The maximum Gasteiger partial charge on any atom is 0.225 e. The molecule has 106 valence electrons. The first-order valence-electron chi connectivity index (χ1n) is 7.20. The van der Waals surface area contributed by atoms with Gasteiger partial charge in [0.25, 0.3) is 0 Å². The van der Waals surface area contributed by atoms with Gasteiger partial charge in [-0.3, -0.25) is 4.79 Å². The first kappa shape index (κ1) is 14.5. The molecule has 4 heteroatoms. The number of anilines is 1. The van der Waals surface area contributed by atoms with Crippen LogP contribution in [0.1, 0.15) is 31.7 Å². The van der Waals surface area contributed by atoms with Crippen LogP contribution in [0.2, 0.25) is 0 Å². The first-order chi connectivity index (χ1) is 9.67. The first-order valence-corrected chi connectivity index (χ1v) is 7.20. The van der Waals surface area contributed by atoms with Crippen molar-refractivity contribution in [1.82, 2.24) is 4.90 Å². The fourth-order valence-corrected chi connectivity index (χ4v) is 2.60. The number of rotatable bonds is 4. The Kier molecular flexibility index (Phi) is 5.14. The van der Waals surface area contributed by atoms with Crippen LogP contribution in [0.3, 0.4) is 0 Å². The Morgan fingerprint density at radius 1 is 1.45 bits per heavy atom. The molecule has 4 nitrogen and oxygen atoms in total. The molecule has 1 heterocycles. The zero-order valence-electron chi connectivity index (χ0n) is 11.9. The Balaban J connectivity index is 1.76. The molecule has 0 spiro atoms. The van der Waals surface area contributed by atoms with Crippen molar-refractivity contribution in [2.24, 2.45) is 5.92 Å². The highest BCUT2D eigenvalue weighted by molar-refractivity contribution is 5.90. The van der Waals surface area contributed by atoms with Crippen molar-refractivity contribution in [3.8, 4) is 6.07 Å². The Morgan fingerprint density at radius 2 is 2.20 bits per heavy atom. The van der Waals surface area contributed by atoms with Crippen LogP contribution in [0.4, 0.5) is 5.69 Å². The number of hydrogen-bond acceptors (Lipinski definition) is 3. The number of piperidine rings is 1. The summed E-state index contributed by atoms with van der Waals surface area (Å²) in [5, 5.41) is 11.6. The number of benzene rings is 1. The molecular formula is C16H21N3O. The fraction of sp³-hybridized carbons (Fsp3) is 0.500. The van der Waals surface area contributed by atoms with E-state index in [1.165, 1.54) is 12.8 Å². The standard InChI is InChI=1S/C16H21N3O/c1-13-3-2-9-19(12-13)10-8-16(20)18-15-6-4-14(11-17)5-7-15/h4-7,13H,2-3,8-10,12H2,1H3,(H,18,20). The minimum atomic E-state index is 0.0351. The van der Waals surface area contributed by atoms with Gasteiger partial charge >= 0.3 is 0 Å². The van der Waals surface area contributed by atoms with Gasteiger partial charge < -0.3 is 10.2 Å². The third kappa shape index (κ3) is 4.36. The van der Waals surface area contributed by atoms with E-state index >= 15 is 0 Å². The number of nitrogens with zero attached hydrogens (tertiary/aromatic N) is 2. The molecule has 0 bridgehead atoms. The van der Waals surface area contributed by atoms with Crippen LogP contribution in [0.15, 0.2) is 24.3 Å². The van der Waals surface area contributed by atoms with Crippen molar-refractivity contribution in [1.29, 1.82) is 5.26 Å². The van der Waals surface area contributed by atoms with Gasteiger partial charge in [-0.15, -0.1) is 0 Å². The highest BCUT2D eigenvalue weighted by Gasteiger charge is 2.16. The second-order valence-electron chi connectivity index (χ2n) is 5.54. The lowest BCUT2D eigenvalue weighted by molar-refractivity contribution is -0.116. The molecule has 1 fully saturated rings. The molecule has 2 rings (SSSR count). The van der Waals surface area contributed by atoms with Gasteiger partial charge in [0.1, 0.15) is 0 Å². The molecule has 0 radical (unpaired) electrons. The van der Waals surface area contributed by atoms with E-state index < -0.39 is 0 Å². The van der Waals surface area contributed by atoms with E-state index in [0.29, 0.717) is 12.0 Å². The maximum atomic E-state index is 11.9. The van der Waals surface area contributed by atoms with E-state index in [2.05, 4.69) is 23.2 Å². The van der Waals surface area contributed by atoms with Crippen LogP contribution >= 0.6 is 0 Å². The monoisotopic (exact) mass is 271 g/mol. The van der Waals surface area contributed by atoms with Crippen molar-refractivity contribution in [3.05, 3.63) is 29.8 Å². The van der Waals surface area contributed by atoms with E-state index in [0.717, 1.165) is 31.2 Å². The molecule has 0 aliphatic carbocycles. The van der Waals surface area contributed by atoms with Crippen molar-refractivity contribution >= 4 is 11.6 Å². The largest absolute Gasteiger partial charge is 0.326 e. The molecule has 1 N–H and O–H groups in total. The highest BCUT2D eigenvalue weighted by Crippen LogP contribution is 2.15. The molecule has 1 saturated heterocycles. The number of carbonyl (C=O) groups excluding carboxylic acids is 1. The average molecular weight is 271 g/mol. The van der Waals surface area contributed by atoms with Crippen molar-refractivity contribution < 1.29 is 4.79 Å². The molecule has 1 aliphatic heterocycles. The third-order valence-corrected chi connectivity index (χ3v) is 3.69. The van der Waals surface area contributed by atoms with Crippen molar-refractivity contribution in [2.75, 3.05) is 25.0 Å². The number of likely N-dealkylation sites (tertiary alicyclic amines) is 1. The topological polar surface area (TPSA) is 56.1 Å². The van der Waals surface area contributed by atoms with Crippen LogP contribution in [-0.2, 0) is 4.79 Å². The summed E-state index contributed by atoms with van der Waals surface area (Å²) in [5.41, 5.74) is 1.35. The van der Waals surface area contributed by atoms with Crippen LogP contribution < -0.4 is 5.32 Å². The van der Waals surface area contributed by atoms with Crippen LogP contribution in [0.5, 0.6) is 0 Å². The predicted octanol–water partition coefficient (Wildman–Crippen LogP) is 2.62. The third-order valence-electron chi connectivity index (χ3n) is 3.69. The molecule has 0 saturated carbocycles. The van der Waals surface area contributed by atoms with Gasteiger partial charge in [-0.2, -0.15) is 5.26 Å².